The number of rotatable bonds is 3. The van der Waals surface area contributed by atoms with Gasteiger partial charge >= 0.3 is 0 Å². The van der Waals surface area contributed by atoms with Crippen LogP contribution in [0.2, 0.25) is 0 Å². The van der Waals surface area contributed by atoms with Crippen molar-refractivity contribution in [3.63, 3.8) is 0 Å². The minimum Gasteiger partial charge on any atom is -0.0622 e. The molecule has 0 aliphatic heterocycles. The quantitative estimate of drug-likeness (QED) is 0.570. The first kappa shape index (κ1) is 14.5. The van der Waals surface area contributed by atoms with Crippen molar-refractivity contribution in [1.82, 2.24) is 0 Å². The van der Waals surface area contributed by atoms with Gasteiger partial charge in [0.15, 0.2) is 0 Å². The molecule has 0 aromatic heterocycles. The molecule has 3 aliphatic rings. The van der Waals surface area contributed by atoms with Crippen LogP contribution in [0.25, 0.3) is 5.57 Å². The monoisotopic (exact) mass is 319 g/mol. The van der Waals surface area contributed by atoms with E-state index in [4.69, 9.17) is 0 Å². The summed E-state index contributed by atoms with van der Waals surface area (Å²) in [5.41, 5.74) is 8.12. The molecule has 1 radical (unpaired) electrons. The van der Waals surface area contributed by atoms with E-state index < -0.39 is 0 Å². The fourth-order valence-electron chi connectivity index (χ4n) is 4.64. The first-order valence-corrected chi connectivity index (χ1v) is 8.89. The first-order valence-electron chi connectivity index (χ1n) is 8.89. The Morgan fingerprint density at radius 3 is 1.60 bits per heavy atom. The minimum atomic E-state index is -0.132. The molecule has 1 atom stereocenters. The van der Waals surface area contributed by atoms with Crippen molar-refractivity contribution in [2.24, 2.45) is 5.92 Å². The largest absolute Gasteiger partial charge is 0.0685 e. The third-order valence-electron chi connectivity index (χ3n) is 5.57. The second kappa shape index (κ2) is 5.32. The van der Waals surface area contributed by atoms with E-state index in [2.05, 4.69) is 104 Å². The number of hydrogen-bond acceptors (Lipinski definition) is 0. The van der Waals surface area contributed by atoms with E-state index in [9.17, 15) is 0 Å². The van der Waals surface area contributed by atoms with E-state index in [1.807, 2.05) is 0 Å². The van der Waals surface area contributed by atoms with Gasteiger partial charge in [0.2, 0.25) is 0 Å². The molecule has 3 aromatic rings. The molecule has 2 bridgehead atoms. The van der Waals surface area contributed by atoms with Gasteiger partial charge in [0, 0.05) is 5.92 Å². The molecule has 0 saturated heterocycles. The van der Waals surface area contributed by atoms with Crippen LogP contribution in [-0.4, -0.2) is 0 Å². The predicted octanol–water partition coefficient (Wildman–Crippen LogP) is 5.82. The van der Waals surface area contributed by atoms with Crippen LogP contribution in [0.4, 0.5) is 0 Å². The number of hydrogen-bond donors (Lipinski definition) is 0. The molecule has 0 nitrogen and oxygen atoms in total. The molecule has 25 heavy (non-hydrogen) atoms. The van der Waals surface area contributed by atoms with Crippen LogP contribution >= 0.6 is 0 Å². The molecule has 119 valence electrons. The van der Waals surface area contributed by atoms with Crippen molar-refractivity contribution < 1.29 is 0 Å². The van der Waals surface area contributed by atoms with E-state index in [1.165, 1.54) is 33.4 Å². The van der Waals surface area contributed by atoms with Gasteiger partial charge in [-0.1, -0.05) is 97.9 Å². The van der Waals surface area contributed by atoms with Gasteiger partial charge in [0.25, 0.3) is 0 Å². The van der Waals surface area contributed by atoms with E-state index in [-0.39, 0.29) is 5.41 Å². The van der Waals surface area contributed by atoms with Crippen LogP contribution in [0.5, 0.6) is 0 Å². The summed E-state index contributed by atoms with van der Waals surface area (Å²) in [5.74, 6) is 0.352. The highest BCUT2D eigenvalue weighted by Crippen LogP contribution is 2.66. The van der Waals surface area contributed by atoms with Crippen LogP contribution in [0.3, 0.4) is 0 Å². The Kier molecular flexibility index (Phi) is 3.08. The fourth-order valence-corrected chi connectivity index (χ4v) is 4.64. The van der Waals surface area contributed by atoms with E-state index in [0.717, 1.165) is 0 Å². The van der Waals surface area contributed by atoms with Gasteiger partial charge in [-0.3, -0.25) is 0 Å². The molecule has 0 spiro atoms. The predicted molar refractivity (Wildman–Crippen MR) is 103 cm³/mol. The molecule has 1 unspecified atom stereocenters. The van der Waals surface area contributed by atoms with Crippen molar-refractivity contribution in [2.45, 2.75) is 12.3 Å². The maximum Gasteiger partial charge on any atom is 0.0685 e. The van der Waals surface area contributed by atoms with Gasteiger partial charge in [0.05, 0.1) is 5.41 Å². The van der Waals surface area contributed by atoms with Gasteiger partial charge in [-0.2, -0.15) is 0 Å². The third-order valence-corrected chi connectivity index (χ3v) is 5.57. The summed E-state index contributed by atoms with van der Waals surface area (Å²) in [7, 11) is 0. The van der Waals surface area contributed by atoms with Crippen molar-refractivity contribution in [3.8, 4) is 0 Å². The standard InChI is InChI=1S/C25H19/c1-18-17-22-23(19-11-5-2-6-12-19)24(18)25(22,20-13-7-3-8-14-20)21-15-9-4-10-16-21/h2-16,18H,1H3. The fraction of sp³-hybridized carbons (Fsp3) is 0.120. The van der Waals surface area contributed by atoms with Crippen molar-refractivity contribution in [1.29, 1.82) is 0 Å². The lowest BCUT2D eigenvalue weighted by Crippen LogP contribution is -2.39. The summed E-state index contributed by atoms with van der Waals surface area (Å²) in [6.45, 7) is 2.28. The summed E-state index contributed by atoms with van der Waals surface area (Å²) in [5, 5.41) is 0. The van der Waals surface area contributed by atoms with Crippen molar-refractivity contribution >= 4 is 5.57 Å². The summed E-state index contributed by atoms with van der Waals surface area (Å²) in [4.78, 5) is 0. The molecule has 0 heterocycles. The topological polar surface area (TPSA) is 0 Å². The smallest absolute Gasteiger partial charge is 0.0622 e. The third kappa shape index (κ3) is 1.83. The molecule has 0 N–H and O–H groups in total. The zero-order valence-electron chi connectivity index (χ0n) is 14.2. The first-order chi connectivity index (χ1) is 12.3. The maximum atomic E-state index is 3.77. The lowest BCUT2D eigenvalue weighted by atomic mass is 9.55. The highest BCUT2D eigenvalue weighted by Gasteiger charge is 2.57. The Morgan fingerprint density at radius 1 is 0.680 bits per heavy atom. The maximum absolute atomic E-state index is 3.77. The second-order valence-corrected chi connectivity index (χ2v) is 6.88. The number of allylic oxidation sites excluding steroid dienone is 4. The van der Waals surface area contributed by atoms with Gasteiger partial charge in [0.1, 0.15) is 0 Å². The lowest BCUT2D eigenvalue weighted by molar-refractivity contribution is 0.660. The van der Waals surface area contributed by atoms with Crippen molar-refractivity contribution in [3.05, 3.63) is 125 Å². The molecule has 6 rings (SSSR count). The van der Waals surface area contributed by atoms with Crippen LogP contribution in [0.15, 0.2) is 102 Å². The van der Waals surface area contributed by atoms with Gasteiger partial charge in [-0.25, -0.2) is 0 Å². The van der Waals surface area contributed by atoms with E-state index in [0.29, 0.717) is 5.92 Å². The molecule has 0 saturated carbocycles. The number of benzene rings is 3. The van der Waals surface area contributed by atoms with Crippen LogP contribution in [-0.2, 0) is 5.41 Å². The molecular weight excluding hydrogens is 300 g/mol. The highest BCUT2D eigenvalue weighted by atomic mass is 14.6. The lowest BCUT2D eigenvalue weighted by Gasteiger charge is -2.46. The molecule has 0 amide bonds. The SMILES string of the molecule is CC1[C]=C2C(c3ccccc3)=C1C2(c1ccccc1)c1ccccc1. The Hall–Kier alpha value is -2.86. The van der Waals surface area contributed by atoms with Gasteiger partial charge in [-0.15, -0.1) is 0 Å². The zero-order chi connectivity index (χ0) is 16.9. The zero-order valence-corrected chi connectivity index (χ0v) is 14.2. The summed E-state index contributed by atoms with van der Waals surface area (Å²) in [6.07, 6.45) is 3.77. The Labute approximate surface area is 149 Å². The summed E-state index contributed by atoms with van der Waals surface area (Å²) in [6, 6.07) is 32.6. The molecule has 0 fully saturated rings. The molecule has 3 aromatic carbocycles. The Morgan fingerprint density at radius 2 is 1.16 bits per heavy atom. The van der Waals surface area contributed by atoms with Gasteiger partial charge in [-0.05, 0) is 39.5 Å². The Balaban J connectivity index is 1.81. The van der Waals surface area contributed by atoms with Crippen LogP contribution in [0.1, 0.15) is 23.6 Å². The minimum absolute atomic E-state index is 0.132. The average Bonchev–Trinajstić information content (AvgIpc) is 3.18. The van der Waals surface area contributed by atoms with Crippen LogP contribution in [0, 0.1) is 12.0 Å². The molecule has 3 aliphatic carbocycles. The Bertz CT molecular complexity index is 936. The van der Waals surface area contributed by atoms with E-state index >= 15 is 0 Å². The average molecular weight is 319 g/mol. The highest BCUT2D eigenvalue weighted by molar-refractivity contribution is 6.00. The normalized spacial score (nSPS) is 20.2. The van der Waals surface area contributed by atoms with Crippen molar-refractivity contribution in [2.75, 3.05) is 0 Å². The second-order valence-electron chi connectivity index (χ2n) is 6.88. The van der Waals surface area contributed by atoms with E-state index in [1.54, 1.807) is 0 Å². The van der Waals surface area contributed by atoms with Gasteiger partial charge < -0.3 is 0 Å². The summed E-state index contributed by atoms with van der Waals surface area (Å²) < 4.78 is 0. The van der Waals surface area contributed by atoms with Crippen LogP contribution < -0.4 is 0 Å². The molecular formula is C25H19. The summed E-state index contributed by atoms with van der Waals surface area (Å²) >= 11 is 0. The number of fused-ring (bicyclic) bond motifs is 1. The molecule has 0 heteroatoms.